The second-order valence-corrected chi connectivity index (χ2v) is 6.04. The number of hydrogen-bond donors (Lipinski definition) is 2. The van der Waals surface area contributed by atoms with Crippen molar-refractivity contribution in [2.75, 3.05) is 26.8 Å². The van der Waals surface area contributed by atoms with Gasteiger partial charge in [0.25, 0.3) is 11.3 Å². The van der Waals surface area contributed by atoms with Crippen LogP contribution < -0.4 is 5.43 Å². The predicted octanol–water partition coefficient (Wildman–Crippen LogP) is 1.15. The third-order valence-electron chi connectivity index (χ3n) is 4.39. The molecule has 7 nitrogen and oxygen atoms in total. The summed E-state index contributed by atoms with van der Waals surface area (Å²) in [7, 11) is 1.55. The number of amides is 1. The SMILES string of the molecule is COCCN1C[C@H](Cc2ccccc2)n2cc(O)c(=O)c(O)c2C1=O. The highest BCUT2D eigenvalue weighted by Crippen LogP contribution is 2.29. The molecule has 0 bridgehead atoms. The average molecular weight is 344 g/mol. The molecule has 1 aliphatic heterocycles. The number of carbonyl (C=O) groups excluding carboxylic acids is 1. The van der Waals surface area contributed by atoms with Crippen LogP contribution in [0.25, 0.3) is 0 Å². The van der Waals surface area contributed by atoms with Gasteiger partial charge in [0.1, 0.15) is 0 Å². The molecular weight excluding hydrogens is 324 g/mol. The first-order valence-corrected chi connectivity index (χ1v) is 8.02. The maximum absolute atomic E-state index is 12.7. The normalized spacial score (nSPS) is 16.8. The lowest BCUT2D eigenvalue weighted by Crippen LogP contribution is -2.46. The van der Waals surface area contributed by atoms with Gasteiger partial charge in [0, 0.05) is 20.2 Å². The number of rotatable bonds is 5. The molecule has 7 heteroatoms. The molecule has 132 valence electrons. The maximum atomic E-state index is 12.7. The van der Waals surface area contributed by atoms with Crippen LogP contribution in [0.4, 0.5) is 0 Å². The summed E-state index contributed by atoms with van der Waals surface area (Å²) in [5.41, 5.74) is 0.0231. The third kappa shape index (κ3) is 3.23. The Kier molecular flexibility index (Phi) is 4.76. The van der Waals surface area contributed by atoms with E-state index in [9.17, 15) is 19.8 Å². The largest absolute Gasteiger partial charge is 0.503 e. The third-order valence-corrected chi connectivity index (χ3v) is 4.39. The van der Waals surface area contributed by atoms with Crippen LogP contribution >= 0.6 is 0 Å². The van der Waals surface area contributed by atoms with Crippen LogP contribution in [0.2, 0.25) is 0 Å². The lowest BCUT2D eigenvalue weighted by molar-refractivity contribution is 0.0591. The summed E-state index contributed by atoms with van der Waals surface area (Å²) in [6.45, 7) is 1.11. The van der Waals surface area contributed by atoms with Crippen molar-refractivity contribution in [2.24, 2.45) is 0 Å². The van der Waals surface area contributed by atoms with Gasteiger partial charge < -0.3 is 24.4 Å². The number of pyridine rings is 1. The fourth-order valence-corrected chi connectivity index (χ4v) is 3.12. The first-order valence-electron chi connectivity index (χ1n) is 8.02. The molecule has 0 aliphatic carbocycles. The zero-order valence-electron chi connectivity index (χ0n) is 13.9. The Balaban J connectivity index is 2.05. The van der Waals surface area contributed by atoms with Gasteiger partial charge in [-0.25, -0.2) is 0 Å². The zero-order valence-corrected chi connectivity index (χ0v) is 13.9. The standard InChI is InChI=1S/C18H20N2O5/c1-25-8-7-19-10-13(9-12-5-3-2-4-6-12)20-11-14(21)16(22)17(23)15(20)18(19)24/h2-6,11,13,21,23H,7-10H2,1H3/t13-/m0/s1. The van der Waals surface area contributed by atoms with Crippen LogP contribution in [0.15, 0.2) is 41.3 Å². The van der Waals surface area contributed by atoms with Gasteiger partial charge >= 0.3 is 0 Å². The topological polar surface area (TPSA) is 92.0 Å². The number of aromatic hydroxyl groups is 2. The van der Waals surface area contributed by atoms with E-state index >= 15 is 0 Å². The highest BCUT2D eigenvalue weighted by atomic mass is 16.5. The Labute approximate surface area is 144 Å². The van der Waals surface area contributed by atoms with Gasteiger partial charge in [0.05, 0.1) is 18.8 Å². The molecule has 1 atom stereocenters. The molecule has 1 aromatic carbocycles. The Hall–Kier alpha value is -2.80. The molecule has 0 saturated heterocycles. The average Bonchev–Trinajstić information content (AvgIpc) is 2.61. The van der Waals surface area contributed by atoms with E-state index < -0.39 is 22.8 Å². The van der Waals surface area contributed by atoms with Gasteiger partial charge in [0.15, 0.2) is 17.2 Å². The van der Waals surface area contributed by atoms with Gasteiger partial charge in [-0.1, -0.05) is 30.3 Å². The Morgan fingerprint density at radius 2 is 1.92 bits per heavy atom. The minimum atomic E-state index is -0.938. The number of carbonyl (C=O) groups is 1. The molecular formula is C18H20N2O5. The van der Waals surface area contributed by atoms with Crippen LogP contribution in [-0.4, -0.2) is 52.4 Å². The van der Waals surface area contributed by atoms with Crippen molar-refractivity contribution >= 4 is 5.91 Å². The second kappa shape index (κ2) is 6.98. The monoisotopic (exact) mass is 344 g/mol. The van der Waals surface area contributed by atoms with Gasteiger partial charge in [0.2, 0.25) is 0 Å². The van der Waals surface area contributed by atoms with Crippen LogP contribution in [-0.2, 0) is 11.2 Å². The van der Waals surface area contributed by atoms with Crippen LogP contribution in [0.3, 0.4) is 0 Å². The van der Waals surface area contributed by atoms with E-state index in [1.165, 1.54) is 10.8 Å². The van der Waals surface area contributed by atoms with E-state index in [-0.39, 0.29) is 11.7 Å². The van der Waals surface area contributed by atoms with Crippen molar-refractivity contribution in [1.82, 2.24) is 9.47 Å². The van der Waals surface area contributed by atoms with Gasteiger partial charge in [-0.2, -0.15) is 0 Å². The summed E-state index contributed by atoms with van der Waals surface area (Å²) >= 11 is 0. The van der Waals surface area contributed by atoms with Crippen LogP contribution in [0.1, 0.15) is 22.1 Å². The van der Waals surface area contributed by atoms with Crippen molar-refractivity contribution in [2.45, 2.75) is 12.5 Å². The van der Waals surface area contributed by atoms with Crippen molar-refractivity contribution in [3.63, 3.8) is 0 Å². The van der Waals surface area contributed by atoms with E-state index in [2.05, 4.69) is 0 Å². The first kappa shape index (κ1) is 17.0. The number of ether oxygens (including phenoxy) is 1. The summed E-state index contributed by atoms with van der Waals surface area (Å²) in [5, 5.41) is 19.9. The quantitative estimate of drug-likeness (QED) is 0.849. The van der Waals surface area contributed by atoms with Crippen LogP contribution in [0.5, 0.6) is 11.5 Å². The summed E-state index contributed by atoms with van der Waals surface area (Å²) in [4.78, 5) is 26.1. The van der Waals surface area contributed by atoms with E-state index in [4.69, 9.17) is 4.74 Å². The Morgan fingerprint density at radius 3 is 2.60 bits per heavy atom. The number of benzene rings is 1. The summed E-state index contributed by atoms with van der Waals surface area (Å²) in [6, 6.07) is 9.49. The molecule has 3 rings (SSSR count). The number of hydrogen-bond acceptors (Lipinski definition) is 5. The highest BCUT2D eigenvalue weighted by molar-refractivity contribution is 5.96. The number of aromatic nitrogens is 1. The van der Waals surface area contributed by atoms with Crippen LogP contribution in [0, 0.1) is 0 Å². The van der Waals surface area contributed by atoms with E-state index in [0.29, 0.717) is 26.1 Å². The molecule has 25 heavy (non-hydrogen) atoms. The number of methoxy groups -OCH3 is 1. The molecule has 2 aromatic rings. The molecule has 2 heterocycles. The summed E-state index contributed by atoms with van der Waals surface area (Å²) < 4.78 is 6.55. The fourth-order valence-electron chi connectivity index (χ4n) is 3.12. The van der Waals surface area contributed by atoms with Crippen molar-refractivity contribution in [1.29, 1.82) is 0 Å². The molecule has 0 saturated carbocycles. The zero-order chi connectivity index (χ0) is 18.0. The molecule has 0 radical (unpaired) electrons. The van der Waals surface area contributed by atoms with E-state index in [1.54, 1.807) is 12.0 Å². The second-order valence-electron chi connectivity index (χ2n) is 6.04. The lowest BCUT2D eigenvalue weighted by atomic mass is 10.0. The highest BCUT2D eigenvalue weighted by Gasteiger charge is 2.34. The molecule has 1 aromatic heterocycles. The molecule has 1 aliphatic rings. The van der Waals surface area contributed by atoms with Crippen molar-refractivity contribution in [3.05, 3.63) is 58.0 Å². The van der Waals surface area contributed by atoms with Gasteiger partial charge in [-0.15, -0.1) is 0 Å². The predicted molar refractivity (Wildman–Crippen MR) is 91.0 cm³/mol. The number of fused-ring (bicyclic) bond motifs is 1. The van der Waals surface area contributed by atoms with Gasteiger partial charge in [-0.05, 0) is 12.0 Å². The lowest BCUT2D eigenvalue weighted by Gasteiger charge is -2.36. The molecule has 1 amide bonds. The van der Waals surface area contributed by atoms with Crippen molar-refractivity contribution in [3.8, 4) is 11.5 Å². The summed E-state index contributed by atoms with van der Waals surface area (Å²) in [6.07, 6.45) is 1.82. The molecule has 0 unspecified atom stereocenters. The van der Waals surface area contributed by atoms with E-state index in [0.717, 1.165) is 5.56 Å². The minimum Gasteiger partial charge on any atom is -0.503 e. The first-order chi connectivity index (χ1) is 12.0. The Morgan fingerprint density at radius 1 is 1.20 bits per heavy atom. The minimum absolute atomic E-state index is 0.0916. The van der Waals surface area contributed by atoms with Gasteiger partial charge in [-0.3, -0.25) is 9.59 Å². The number of nitrogens with zero attached hydrogens (tertiary/aromatic N) is 2. The summed E-state index contributed by atoms with van der Waals surface area (Å²) in [5.74, 6) is -1.74. The molecule has 0 spiro atoms. The van der Waals surface area contributed by atoms with Crippen molar-refractivity contribution < 1.29 is 19.7 Å². The molecule has 2 N–H and O–H groups in total. The maximum Gasteiger partial charge on any atom is 0.274 e. The van der Waals surface area contributed by atoms with E-state index in [1.807, 2.05) is 30.3 Å². The fraction of sp³-hybridized carbons (Fsp3) is 0.333. The Bertz CT molecular complexity index is 831. The smallest absolute Gasteiger partial charge is 0.274 e. The molecule has 0 fully saturated rings.